The van der Waals surface area contributed by atoms with Crippen molar-refractivity contribution in [3.63, 3.8) is 0 Å². The molecule has 144 valence electrons. The number of carbonyl (C=O) groups excluding carboxylic acids is 2. The van der Waals surface area contributed by atoms with Gasteiger partial charge in [0.1, 0.15) is 5.75 Å². The van der Waals surface area contributed by atoms with Crippen molar-refractivity contribution < 1.29 is 19.1 Å². The summed E-state index contributed by atoms with van der Waals surface area (Å²) in [6, 6.07) is 13.2. The van der Waals surface area contributed by atoms with Gasteiger partial charge in [-0.05, 0) is 42.7 Å². The first-order chi connectivity index (χ1) is 13.0. The van der Waals surface area contributed by atoms with E-state index in [4.69, 9.17) is 4.74 Å². The number of esters is 1. The molecule has 0 bridgehead atoms. The molecule has 0 radical (unpaired) electrons. The number of aryl methyl sites for hydroxylation is 2. The fourth-order valence-electron chi connectivity index (χ4n) is 2.75. The molecule has 0 aromatic heterocycles. The third-order valence-electron chi connectivity index (χ3n) is 4.03. The van der Waals surface area contributed by atoms with E-state index in [0.29, 0.717) is 30.9 Å². The van der Waals surface area contributed by atoms with Gasteiger partial charge in [0.05, 0.1) is 7.11 Å². The molecule has 0 unspecified atom stereocenters. The first kappa shape index (κ1) is 20.5. The van der Waals surface area contributed by atoms with Crippen molar-refractivity contribution in [2.45, 2.75) is 20.4 Å². The number of nitrogens with one attached hydrogen (secondary N) is 2. The fraction of sp³-hybridized carbons (Fsp3) is 0.333. The molecule has 0 saturated heterocycles. The minimum atomic E-state index is -0.405. The van der Waals surface area contributed by atoms with Gasteiger partial charge in [-0.15, -0.1) is 0 Å². The summed E-state index contributed by atoms with van der Waals surface area (Å²) in [4.78, 5) is 23.2. The van der Waals surface area contributed by atoms with Crippen LogP contribution in [0.15, 0.2) is 42.5 Å². The SMILES string of the molecule is COC(=O)COc1c(C)cc(CNCCNC(=O)c2ccccc2)cc1C. The summed E-state index contributed by atoms with van der Waals surface area (Å²) in [5, 5.41) is 6.20. The Morgan fingerprint density at radius 2 is 1.67 bits per heavy atom. The molecule has 2 aromatic carbocycles. The third kappa shape index (κ3) is 6.42. The maximum atomic E-state index is 12.0. The number of ether oxygens (including phenoxy) is 2. The monoisotopic (exact) mass is 370 g/mol. The lowest BCUT2D eigenvalue weighted by Crippen LogP contribution is -2.31. The number of methoxy groups -OCH3 is 1. The number of rotatable bonds is 9. The Balaban J connectivity index is 1.77. The summed E-state index contributed by atoms with van der Waals surface area (Å²) >= 11 is 0. The largest absolute Gasteiger partial charge is 0.481 e. The molecule has 6 heteroatoms. The summed E-state index contributed by atoms with van der Waals surface area (Å²) < 4.78 is 10.1. The first-order valence-electron chi connectivity index (χ1n) is 8.85. The van der Waals surface area contributed by atoms with Crippen LogP contribution < -0.4 is 15.4 Å². The normalized spacial score (nSPS) is 10.3. The van der Waals surface area contributed by atoms with E-state index < -0.39 is 5.97 Å². The van der Waals surface area contributed by atoms with Crippen molar-refractivity contribution in [2.24, 2.45) is 0 Å². The van der Waals surface area contributed by atoms with E-state index in [2.05, 4.69) is 15.4 Å². The summed E-state index contributed by atoms with van der Waals surface area (Å²) in [7, 11) is 1.34. The van der Waals surface area contributed by atoms with Crippen LogP contribution in [0.2, 0.25) is 0 Å². The smallest absolute Gasteiger partial charge is 0.343 e. The molecule has 0 saturated carbocycles. The number of hydrogen-bond acceptors (Lipinski definition) is 5. The summed E-state index contributed by atoms with van der Waals surface area (Å²) in [6.45, 7) is 5.69. The van der Waals surface area contributed by atoms with Crippen molar-refractivity contribution >= 4 is 11.9 Å². The van der Waals surface area contributed by atoms with Crippen LogP contribution in [0.1, 0.15) is 27.0 Å². The van der Waals surface area contributed by atoms with E-state index in [1.165, 1.54) is 7.11 Å². The predicted molar refractivity (Wildman–Crippen MR) is 104 cm³/mol. The van der Waals surface area contributed by atoms with Crippen LogP contribution in [0.5, 0.6) is 5.75 Å². The number of benzene rings is 2. The number of carbonyl (C=O) groups is 2. The Bertz CT molecular complexity index is 752. The summed E-state index contributed by atoms with van der Waals surface area (Å²) in [5.41, 5.74) is 3.71. The Hall–Kier alpha value is -2.86. The zero-order valence-electron chi connectivity index (χ0n) is 16.0. The average Bonchev–Trinajstić information content (AvgIpc) is 2.67. The van der Waals surface area contributed by atoms with Crippen LogP contribution in [0.4, 0.5) is 0 Å². The maximum Gasteiger partial charge on any atom is 0.343 e. The van der Waals surface area contributed by atoms with Gasteiger partial charge in [-0.3, -0.25) is 4.79 Å². The molecule has 2 aromatic rings. The van der Waals surface area contributed by atoms with E-state index in [1.54, 1.807) is 12.1 Å². The molecule has 0 aliphatic rings. The molecule has 27 heavy (non-hydrogen) atoms. The molecule has 2 rings (SSSR count). The molecule has 0 fully saturated rings. The molecule has 0 atom stereocenters. The molecule has 0 spiro atoms. The highest BCUT2D eigenvalue weighted by Crippen LogP contribution is 2.24. The van der Waals surface area contributed by atoms with Gasteiger partial charge < -0.3 is 20.1 Å². The third-order valence-corrected chi connectivity index (χ3v) is 4.03. The topological polar surface area (TPSA) is 76.7 Å². The average molecular weight is 370 g/mol. The van der Waals surface area contributed by atoms with E-state index in [0.717, 1.165) is 16.7 Å². The zero-order chi connectivity index (χ0) is 19.6. The van der Waals surface area contributed by atoms with Crippen LogP contribution in [-0.2, 0) is 16.1 Å². The van der Waals surface area contributed by atoms with Crippen molar-refractivity contribution in [2.75, 3.05) is 26.8 Å². The van der Waals surface area contributed by atoms with Crippen LogP contribution >= 0.6 is 0 Å². The van der Waals surface area contributed by atoms with Gasteiger partial charge in [-0.25, -0.2) is 4.79 Å². The lowest BCUT2D eigenvalue weighted by molar-refractivity contribution is -0.142. The van der Waals surface area contributed by atoms with E-state index in [9.17, 15) is 9.59 Å². The van der Waals surface area contributed by atoms with Crippen LogP contribution in [0.25, 0.3) is 0 Å². The van der Waals surface area contributed by atoms with Crippen LogP contribution in [0, 0.1) is 13.8 Å². The quantitative estimate of drug-likeness (QED) is 0.524. The zero-order valence-corrected chi connectivity index (χ0v) is 16.0. The second-order valence-electron chi connectivity index (χ2n) is 6.22. The van der Waals surface area contributed by atoms with E-state index >= 15 is 0 Å². The minimum Gasteiger partial charge on any atom is -0.481 e. The van der Waals surface area contributed by atoms with Gasteiger partial charge in [-0.1, -0.05) is 30.3 Å². The second-order valence-corrected chi connectivity index (χ2v) is 6.22. The van der Waals surface area contributed by atoms with Gasteiger partial charge in [0.15, 0.2) is 6.61 Å². The van der Waals surface area contributed by atoms with Crippen LogP contribution in [0.3, 0.4) is 0 Å². The molecule has 0 aliphatic heterocycles. The van der Waals surface area contributed by atoms with E-state index in [-0.39, 0.29) is 12.5 Å². The van der Waals surface area contributed by atoms with Crippen LogP contribution in [-0.4, -0.2) is 38.7 Å². The molecule has 0 aliphatic carbocycles. The highest BCUT2D eigenvalue weighted by Gasteiger charge is 2.09. The van der Waals surface area contributed by atoms with Gasteiger partial charge in [0, 0.05) is 25.2 Å². The number of hydrogen-bond donors (Lipinski definition) is 2. The van der Waals surface area contributed by atoms with Crippen molar-refractivity contribution in [1.82, 2.24) is 10.6 Å². The minimum absolute atomic E-state index is 0.0730. The second kappa shape index (κ2) is 10.3. The van der Waals surface area contributed by atoms with Gasteiger partial charge in [-0.2, -0.15) is 0 Å². The standard InChI is InChI=1S/C21H26N2O4/c1-15-11-17(12-16(2)20(15)27-14-19(24)26-3)13-22-9-10-23-21(25)18-7-5-4-6-8-18/h4-8,11-12,22H,9-10,13-14H2,1-3H3,(H,23,25). The molecule has 2 N–H and O–H groups in total. The van der Waals surface area contributed by atoms with Gasteiger partial charge >= 0.3 is 5.97 Å². The van der Waals surface area contributed by atoms with E-state index in [1.807, 2.05) is 44.2 Å². The Kier molecular flexibility index (Phi) is 7.82. The summed E-state index contributed by atoms with van der Waals surface area (Å²) in [6.07, 6.45) is 0. The lowest BCUT2D eigenvalue weighted by Gasteiger charge is -2.14. The molecule has 1 amide bonds. The van der Waals surface area contributed by atoms with Crippen molar-refractivity contribution in [1.29, 1.82) is 0 Å². The molecule has 0 heterocycles. The maximum absolute atomic E-state index is 12.0. The Morgan fingerprint density at radius 3 is 2.30 bits per heavy atom. The Morgan fingerprint density at radius 1 is 1.00 bits per heavy atom. The highest BCUT2D eigenvalue weighted by molar-refractivity contribution is 5.94. The lowest BCUT2D eigenvalue weighted by atomic mass is 10.1. The fourth-order valence-corrected chi connectivity index (χ4v) is 2.75. The molecule has 6 nitrogen and oxygen atoms in total. The summed E-state index contributed by atoms with van der Waals surface area (Å²) in [5.74, 6) is 0.229. The highest BCUT2D eigenvalue weighted by atomic mass is 16.6. The Labute approximate surface area is 159 Å². The predicted octanol–water partition coefficient (Wildman–Crippen LogP) is 2.37. The number of amides is 1. The first-order valence-corrected chi connectivity index (χ1v) is 8.85. The van der Waals surface area contributed by atoms with Gasteiger partial charge in [0.25, 0.3) is 5.91 Å². The molecular weight excluding hydrogens is 344 g/mol. The molecular formula is C21H26N2O4. The van der Waals surface area contributed by atoms with Gasteiger partial charge in [0.2, 0.25) is 0 Å². The van der Waals surface area contributed by atoms with Crippen molar-refractivity contribution in [3.8, 4) is 5.75 Å². The van der Waals surface area contributed by atoms with Crippen molar-refractivity contribution in [3.05, 3.63) is 64.7 Å².